The topological polar surface area (TPSA) is 9.23 Å². The van der Waals surface area contributed by atoms with Crippen LogP contribution in [0.1, 0.15) is 12.0 Å². The monoisotopic (exact) mass is 294 g/mol. The summed E-state index contributed by atoms with van der Waals surface area (Å²) >= 11 is 17.3. The van der Waals surface area contributed by atoms with Crippen molar-refractivity contribution < 1.29 is 4.74 Å². The normalized spacial score (nSPS) is 11.2. The fourth-order valence-corrected chi connectivity index (χ4v) is 2.94. The molecule has 88 valence electrons. The Morgan fingerprint density at radius 1 is 1.31 bits per heavy atom. The van der Waals surface area contributed by atoms with Crippen molar-refractivity contribution in [1.29, 1.82) is 0 Å². The van der Waals surface area contributed by atoms with E-state index < -0.39 is 6.00 Å². The quantitative estimate of drug-likeness (QED) is 0.418. The van der Waals surface area contributed by atoms with Gasteiger partial charge >= 0.3 is 6.00 Å². The molecule has 0 bridgehead atoms. The predicted molar refractivity (Wildman–Crippen MR) is 74.8 cm³/mol. The van der Waals surface area contributed by atoms with E-state index >= 15 is 0 Å². The van der Waals surface area contributed by atoms with Crippen LogP contribution in [-0.2, 0) is 0 Å². The Hall–Kier alpha value is -0.153. The largest absolute Gasteiger partial charge is 0.494 e. The fraction of sp³-hybridized carbons (Fsp3) is 0.273. The molecule has 1 aromatic rings. The van der Waals surface area contributed by atoms with Gasteiger partial charge in [-0.15, -0.1) is 33.2 Å². The number of halogens is 3. The number of benzene rings is 1. The Bertz CT molecular complexity index is 349. The van der Waals surface area contributed by atoms with Crippen LogP contribution in [0.3, 0.4) is 0 Å². The molecule has 0 amide bonds. The highest BCUT2D eigenvalue weighted by Crippen LogP contribution is 2.26. The Morgan fingerprint density at radius 2 is 2.06 bits per heavy atom. The van der Waals surface area contributed by atoms with Crippen molar-refractivity contribution in [3.8, 4) is 5.75 Å². The molecule has 0 aromatic heterocycles. The summed E-state index contributed by atoms with van der Waals surface area (Å²) in [5.41, 5.74) is 1.04. The maximum absolute atomic E-state index is 5.76. The number of hydrogen-bond acceptors (Lipinski definition) is 1. The molecule has 1 aromatic carbocycles. The van der Waals surface area contributed by atoms with Crippen LogP contribution in [0.5, 0.6) is 5.75 Å². The second-order valence-electron chi connectivity index (χ2n) is 3.34. The predicted octanol–water partition coefficient (Wildman–Crippen LogP) is 4.75. The zero-order valence-corrected chi connectivity index (χ0v) is 12.0. The summed E-state index contributed by atoms with van der Waals surface area (Å²) in [5.74, 6) is 0.823. The van der Waals surface area contributed by atoms with Crippen molar-refractivity contribution in [3.63, 3.8) is 0 Å². The van der Waals surface area contributed by atoms with E-state index in [4.69, 9.17) is 38.0 Å². The second-order valence-corrected chi connectivity index (χ2v) is 12.6. The smallest absolute Gasteiger partial charge is 0.341 e. The van der Waals surface area contributed by atoms with Crippen molar-refractivity contribution in [2.24, 2.45) is 0 Å². The molecule has 0 saturated carbocycles. The van der Waals surface area contributed by atoms with Gasteiger partial charge in [-0.05, 0) is 30.2 Å². The lowest BCUT2D eigenvalue weighted by molar-refractivity contribution is 0.317. The summed E-state index contributed by atoms with van der Waals surface area (Å²) in [5, 5.41) is 0. The summed E-state index contributed by atoms with van der Waals surface area (Å²) in [4.78, 5) is 0. The van der Waals surface area contributed by atoms with Crippen LogP contribution in [0, 0.1) is 0 Å². The van der Waals surface area contributed by atoms with Crippen LogP contribution in [0.4, 0.5) is 0 Å². The van der Waals surface area contributed by atoms with Crippen molar-refractivity contribution >= 4 is 45.3 Å². The van der Waals surface area contributed by atoms with E-state index in [1.165, 1.54) is 0 Å². The van der Waals surface area contributed by atoms with E-state index in [0.29, 0.717) is 12.7 Å². The molecule has 0 aliphatic carbocycles. The summed E-state index contributed by atoms with van der Waals surface area (Å²) in [6, 6.07) is 5.86. The number of rotatable bonds is 6. The van der Waals surface area contributed by atoms with E-state index in [1.54, 1.807) is 6.08 Å². The van der Waals surface area contributed by atoms with Gasteiger partial charge in [-0.1, -0.05) is 24.8 Å². The van der Waals surface area contributed by atoms with Crippen LogP contribution in [0.25, 0.3) is 6.08 Å². The minimum atomic E-state index is -2.49. The highest BCUT2D eigenvalue weighted by Gasteiger charge is 2.23. The van der Waals surface area contributed by atoms with Gasteiger partial charge in [0.15, 0.2) is 0 Å². The molecule has 5 heteroatoms. The molecule has 1 nitrogen and oxygen atoms in total. The van der Waals surface area contributed by atoms with Crippen LogP contribution < -0.4 is 4.74 Å². The zero-order chi connectivity index (χ0) is 12.0. The average Bonchev–Trinajstić information content (AvgIpc) is 2.23. The van der Waals surface area contributed by atoms with E-state index in [1.807, 2.05) is 24.3 Å². The van der Waals surface area contributed by atoms with E-state index in [9.17, 15) is 0 Å². The maximum atomic E-state index is 5.76. The van der Waals surface area contributed by atoms with Gasteiger partial charge in [-0.2, -0.15) is 0 Å². The van der Waals surface area contributed by atoms with Crippen molar-refractivity contribution in [2.45, 2.75) is 12.5 Å². The first-order valence-electron chi connectivity index (χ1n) is 4.93. The molecule has 0 aliphatic rings. The first-order valence-corrected chi connectivity index (χ1v) is 10.2. The van der Waals surface area contributed by atoms with Gasteiger partial charge in [0, 0.05) is 0 Å². The number of ether oxygens (including phenoxy) is 1. The van der Waals surface area contributed by atoms with Crippen LogP contribution >= 0.6 is 33.2 Å². The van der Waals surface area contributed by atoms with Crippen molar-refractivity contribution in [3.05, 3.63) is 36.4 Å². The molecule has 0 fully saturated rings. The molecule has 0 unspecified atom stereocenters. The minimum Gasteiger partial charge on any atom is -0.494 e. The third kappa shape index (κ3) is 5.80. The molecule has 0 saturated heterocycles. The lowest BCUT2D eigenvalue weighted by Crippen LogP contribution is -2.10. The van der Waals surface area contributed by atoms with Crippen LogP contribution in [-0.4, -0.2) is 12.6 Å². The molecule has 0 N–H and O–H groups in total. The summed E-state index contributed by atoms with van der Waals surface area (Å²) in [7, 11) is 0. The minimum absolute atomic E-state index is 0.571. The third-order valence-electron chi connectivity index (χ3n) is 1.97. The zero-order valence-electron chi connectivity index (χ0n) is 8.76. The Labute approximate surface area is 111 Å². The molecule has 0 heterocycles. The van der Waals surface area contributed by atoms with Crippen LogP contribution in [0.15, 0.2) is 30.8 Å². The Kier molecular flexibility index (Phi) is 5.69. The van der Waals surface area contributed by atoms with Crippen LogP contribution in [0.2, 0.25) is 6.04 Å². The Morgan fingerprint density at radius 3 is 2.69 bits per heavy atom. The van der Waals surface area contributed by atoms with Gasteiger partial charge in [0.25, 0.3) is 0 Å². The molecule has 0 radical (unpaired) electrons. The van der Waals surface area contributed by atoms with Crippen molar-refractivity contribution in [1.82, 2.24) is 0 Å². The summed E-state index contributed by atoms with van der Waals surface area (Å²) in [6.07, 6.45) is 2.54. The standard InChI is InChI=1S/C11H13Cl3OSi/c1-2-10-5-3-6-11(9-10)15-7-4-8-16(12,13)14/h2-3,5-6,9H,1,4,7-8H2. The van der Waals surface area contributed by atoms with E-state index in [0.717, 1.165) is 17.7 Å². The van der Waals surface area contributed by atoms with Gasteiger partial charge in [-0.25, -0.2) is 0 Å². The summed E-state index contributed by atoms with van der Waals surface area (Å²) < 4.78 is 5.54. The first kappa shape index (κ1) is 13.9. The van der Waals surface area contributed by atoms with E-state index in [2.05, 4.69) is 6.58 Å². The fourth-order valence-electron chi connectivity index (χ4n) is 1.19. The highest BCUT2D eigenvalue weighted by molar-refractivity contribution is 7.64. The van der Waals surface area contributed by atoms with Gasteiger partial charge < -0.3 is 4.74 Å². The Balaban J connectivity index is 2.34. The van der Waals surface area contributed by atoms with Gasteiger partial charge in [0.2, 0.25) is 0 Å². The van der Waals surface area contributed by atoms with E-state index in [-0.39, 0.29) is 0 Å². The number of hydrogen-bond donors (Lipinski definition) is 0. The SMILES string of the molecule is C=Cc1cccc(OCCC[Si](Cl)(Cl)Cl)c1. The summed E-state index contributed by atoms with van der Waals surface area (Å²) in [6.45, 7) is 4.27. The molecule has 0 aliphatic heterocycles. The maximum Gasteiger partial charge on any atom is 0.341 e. The van der Waals surface area contributed by atoms with Crippen molar-refractivity contribution in [2.75, 3.05) is 6.61 Å². The van der Waals surface area contributed by atoms with Gasteiger partial charge in [0.05, 0.1) is 6.61 Å². The molecular weight excluding hydrogens is 283 g/mol. The second kappa shape index (κ2) is 6.55. The lowest BCUT2D eigenvalue weighted by atomic mass is 10.2. The molecular formula is C11H13Cl3OSi. The molecule has 0 atom stereocenters. The third-order valence-corrected chi connectivity index (χ3v) is 4.59. The van der Waals surface area contributed by atoms with Gasteiger partial charge in [-0.3, -0.25) is 0 Å². The molecule has 16 heavy (non-hydrogen) atoms. The lowest BCUT2D eigenvalue weighted by Gasteiger charge is -2.09. The molecule has 1 rings (SSSR count). The molecule has 0 spiro atoms. The first-order chi connectivity index (χ1) is 7.51. The van der Waals surface area contributed by atoms with Gasteiger partial charge in [0.1, 0.15) is 5.75 Å². The average molecular weight is 296 g/mol. The highest BCUT2D eigenvalue weighted by atomic mass is 35.8.